The van der Waals surface area contributed by atoms with Crippen molar-refractivity contribution in [3.8, 4) is 0 Å². The second-order valence-electron chi connectivity index (χ2n) is 4.89. The van der Waals surface area contributed by atoms with Gasteiger partial charge in [0.1, 0.15) is 5.82 Å². The zero-order valence-corrected chi connectivity index (χ0v) is 13.9. The van der Waals surface area contributed by atoms with Gasteiger partial charge < -0.3 is 0 Å². The molecule has 3 nitrogen and oxygen atoms in total. The molecule has 0 saturated carbocycles. The molecule has 0 bridgehead atoms. The van der Waals surface area contributed by atoms with E-state index in [2.05, 4.69) is 16.9 Å². The summed E-state index contributed by atoms with van der Waals surface area (Å²) in [5.41, 5.74) is 2.45. The van der Waals surface area contributed by atoms with Crippen molar-refractivity contribution in [3.63, 3.8) is 0 Å². The van der Waals surface area contributed by atoms with Gasteiger partial charge in [0.2, 0.25) is 10.0 Å². The molecule has 0 aliphatic heterocycles. The van der Waals surface area contributed by atoms with E-state index in [0.29, 0.717) is 12.3 Å². The van der Waals surface area contributed by atoms with E-state index in [-0.39, 0.29) is 4.90 Å². The maximum atomic E-state index is 12.8. The van der Waals surface area contributed by atoms with Crippen LogP contribution in [-0.4, -0.2) is 20.7 Å². The molecule has 0 fully saturated rings. The van der Waals surface area contributed by atoms with E-state index in [1.807, 2.05) is 19.1 Å². The van der Waals surface area contributed by atoms with Gasteiger partial charge in [-0.15, -0.1) is 0 Å². The van der Waals surface area contributed by atoms with E-state index < -0.39 is 15.8 Å². The van der Waals surface area contributed by atoms with Crippen molar-refractivity contribution in [2.75, 3.05) is 12.3 Å². The number of sulfonamides is 1. The van der Waals surface area contributed by atoms with Gasteiger partial charge in [-0.25, -0.2) is 17.5 Å². The minimum absolute atomic E-state index is 0.0811. The molecule has 118 valence electrons. The first kappa shape index (κ1) is 17.0. The summed E-state index contributed by atoms with van der Waals surface area (Å²) in [6.07, 6.45) is 0. The van der Waals surface area contributed by atoms with Gasteiger partial charge in [-0.2, -0.15) is 11.8 Å². The highest BCUT2D eigenvalue weighted by atomic mass is 32.2. The fourth-order valence-electron chi connectivity index (χ4n) is 1.94. The molecule has 1 N–H and O–H groups in total. The maximum Gasteiger partial charge on any atom is 0.240 e. The number of nitrogens with one attached hydrogen (secondary N) is 1. The Bertz CT molecular complexity index is 715. The second-order valence-corrected chi connectivity index (χ2v) is 7.77. The Morgan fingerprint density at radius 1 is 1.14 bits per heavy atom. The van der Waals surface area contributed by atoms with Gasteiger partial charge in [0.25, 0.3) is 0 Å². The molecule has 2 aromatic rings. The molecule has 2 aromatic carbocycles. The summed E-state index contributed by atoms with van der Waals surface area (Å²) in [7, 11) is -3.56. The fraction of sp³-hybridized carbons (Fsp3) is 0.250. The third kappa shape index (κ3) is 5.12. The number of hydrogen-bond donors (Lipinski definition) is 1. The standard InChI is InChI=1S/C16H18FNO2S2/c1-13-3-2-4-14(11-13)12-21-10-9-18-22(19,20)16-7-5-15(17)6-8-16/h2-8,11,18H,9-10,12H2,1H3. The second kappa shape index (κ2) is 7.76. The molecule has 6 heteroatoms. The third-order valence-corrected chi connectivity index (χ3v) is 5.52. The molecule has 0 spiro atoms. The van der Waals surface area contributed by atoms with Gasteiger partial charge in [-0.3, -0.25) is 0 Å². The molecule has 0 aliphatic rings. The Morgan fingerprint density at radius 3 is 2.55 bits per heavy atom. The van der Waals surface area contributed by atoms with E-state index >= 15 is 0 Å². The number of rotatable bonds is 7. The van der Waals surface area contributed by atoms with Crippen LogP contribution in [0.5, 0.6) is 0 Å². The Kier molecular flexibility index (Phi) is 5.99. The van der Waals surface area contributed by atoms with Crippen molar-refractivity contribution in [3.05, 3.63) is 65.5 Å². The Morgan fingerprint density at radius 2 is 1.86 bits per heavy atom. The number of hydrogen-bond acceptors (Lipinski definition) is 3. The smallest absolute Gasteiger partial charge is 0.210 e. The van der Waals surface area contributed by atoms with E-state index in [4.69, 9.17) is 0 Å². The van der Waals surface area contributed by atoms with E-state index in [0.717, 1.165) is 17.9 Å². The number of benzene rings is 2. The van der Waals surface area contributed by atoms with Gasteiger partial charge >= 0.3 is 0 Å². The van der Waals surface area contributed by atoms with Crippen LogP contribution < -0.4 is 4.72 Å². The van der Waals surface area contributed by atoms with Crippen molar-refractivity contribution in [1.29, 1.82) is 0 Å². The Labute approximate surface area is 135 Å². The molecule has 22 heavy (non-hydrogen) atoms. The van der Waals surface area contributed by atoms with Crippen molar-refractivity contribution in [2.24, 2.45) is 0 Å². The lowest BCUT2D eigenvalue weighted by Crippen LogP contribution is -2.26. The summed E-state index contributed by atoms with van der Waals surface area (Å²) in [5.74, 6) is 1.07. The lowest BCUT2D eigenvalue weighted by molar-refractivity contribution is 0.583. The van der Waals surface area contributed by atoms with Gasteiger partial charge in [-0.1, -0.05) is 29.8 Å². The molecule has 0 atom stereocenters. The molecular formula is C16H18FNO2S2. The first-order valence-electron chi connectivity index (χ1n) is 6.86. The number of aryl methyl sites for hydroxylation is 1. The monoisotopic (exact) mass is 339 g/mol. The third-order valence-electron chi connectivity index (χ3n) is 3.01. The maximum absolute atomic E-state index is 12.8. The van der Waals surface area contributed by atoms with Crippen molar-refractivity contribution in [1.82, 2.24) is 4.72 Å². The highest BCUT2D eigenvalue weighted by Gasteiger charge is 2.12. The van der Waals surface area contributed by atoms with Crippen molar-refractivity contribution < 1.29 is 12.8 Å². The lowest BCUT2D eigenvalue weighted by atomic mass is 10.2. The molecule has 0 radical (unpaired) electrons. The summed E-state index contributed by atoms with van der Waals surface area (Å²) in [5, 5.41) is 0. The normalized spacial score (nSPS) is 11.5. The minimum atomic E-state index is -3.56. The molecule has 0 saturated heterocycles. The summed E-state index contributed by atoms with van der Waals surface area (Å²) in [6, 6.07) is 13.0. The average Bonchev–Trinajstić information content (AvgIpc) is 2.47. The van der Waals surface area contributed by atoms with E-state index in [1.54, 1.807) is 11.8 Å². The highest BCUT2D eigenvalue weighted by molar-refractivity contribution is 7.98. The van der Waals surface area contributed by atoms with Crippen molar-refractivity contribution >= 4 is 21.8 Å². The molecule has 2 rings (SSSR count). The van der Waals surface area contributed by atoms with E-state index in [1.165, 1.54) is 23.3 Å². The van der Waals surface area contributed by atoms with Crippen LogP contribution in [0.3, 0.4) is 0 Å². The van der Waals surface area contributed by atoms with E-state index in [9.17, 15) is 12.8 Å². The number of thioether (sulfide) groups is 1. The van der Waals surface area contributed by atoms with Crippen molar-refractivity contribution in [2.45, 2.75) is 17.6 Å². The predicted molar refractivity (Wildman–Crippen MR) is 88.9 cm³/mol. The SMILES string of the molecule is Cc1cccc(CSCCNS(=O)(=O)c2ccc(F)cc2)c1. The topological polar surface area (TPSA) is 46.2 Å². The minimum Gasteiger partial charge on any atom is -0.210 e. The van der Waals surface area contributed by atoms with Crippen LogP contribution in [0.2, 0.25) is 0 Å². The number of halogens is 1. The van der Waals surface area contributed by atoms with Crippen LogP contribution >= 0.6 is 11.8 Å². The fourth-order valence-corrected chi connectivity index (χ4v) is 3.90. The summed E-state index contributed by atoms with van der Waals surface area (Å²) >= 11 is 1.67. The molecule has 0 heterocycles. The molecule has 0 aromatic heterocycles. The van der Waals surface area contributed by atoms with Crippen LogP contribution in [0, 0.1) is 12.7 Å². The Balaban J connectivity index is 1.77. The van der Waals surface area contributed by atoms with Gasteiger partial charge in [0.15, 0.2) is 0 Å². The molecule has 0 unspecified atom stereocenters. The predicted octanol–water partition coefficient (Wildman–Crippen LogP) is 3.35. The molecular weight excluding hydrogens is 321 g/mol. The lowest BCUT2D eigenvalue weighted by Gasteiger charge is -2.07. The van der Waals surface area contributed by atoms with Gasteiger partial charge in [0, 0.05) is 18.1 Å². The van der Waals surface area contributed by atoms with Crippen LogP contribution in [0.15, 0.2) is 53.4 Å². The van der Waals surface area contributed by atoms with Gasteiger partial charge in [-0.05, 0) is 36.8 Å². The first-order chi connectivity index (χ1) is 10.5. The molecule has 0 amide bonds. The largest absolute Gasteiger partial charge is 0.240 e. The van der Waals surface area contributed by atoms with Crippen LogP contribution in [0.1, 0.15) is 11.1 Å². The quantitative estimate of drug-likeness (QED) is 0.787. The summed E-state index contributed by atoms with van der Waals surface area (Å²) < 4.78 is 39.3. The summed E-state index contributed by atoms with van der Waals surface area (Å²) in [6.45, 7) is 2.39. The summed E-state index contributed by atoms with van der Waals surface area (Å²) in [4.78, 5) is 0.0811. The first-order valence-corrected chi connectivity index (χ1v) is 9.50. The van der Waals surface area contributed by atoms with Crippen LogP contribution in [0.25, 0.3) is 0 Å². The zero-order chi connectivity index (χ0) is 16.0. The highest BCUT2D eigenvalue weighted by Crippen LogP contribution is 2.14. The van der Waals surface area contributed by atoms with Crippen LogP contribution in [0.4, 0.5) is 4.39 Å². The van der Waals surface area contributed by atoms with Gasteiger partial charge in [0.05, 0.1) is 4.90 Å². The Hall–Kier alpha value is -1.37. The molecule has 0 aliphatic carbocycles. The van der Waals surface area contributed by atoms with Crippen LogP contribution in [-0.2, 0) is 15.8 Å². The average molecular weight is 339 g/mol. The zero-order valence-electron chi connectivity index (χ0n) is 12.3.